The lowest BCUT2D eigenvalue weighted by atomic mass is 9.94. The average Bonchev–Trinajstić information content (AvgIpc) is 2.46. The van der Waals surface area contributed by atoms with Crippen molar-refractivity contribution < 1.29 is 14.7 Å². The summed E-state index contributed by atoms with van der Waals surface area (Å²) >= 11 is 0. The van der Waals surface area contributed by atoms with Crippen molar-refractivity contribution in [2.45, 2.75) is 32.6 Å². The van der Waals surface area contributed by atoms with Gasteiger partial charge in [0.2, 0.25) is 0 Å². The van der Waals surface area contributed by atoms with Crippen molar-refractivity contribution in [3.05, 3.63) is 35.4 Å². The smallest absolute Gasteiger partial charge is 0.303 e. The predicted molar refractivity (Wildman–Crippen MR) is 76.7 cm³/mol. The number of aliphatic carboxylic acids is 1. The molecular formula is C16H21NO3. The van der Waals surface area contributed by atoms with E-state index in [1.807, 2.05) is 36.1 Å². The minimum Gasteiger partial charge on any atom is -0.481 e. The van der Waals surface area contributed by atoms with Gasteiger partial charge in [0.05, 0.1) is 0 Å². The second-order valence-electron chi connectivity index (χ2n) is 5.37. The minimum absolute atomic E-state index is 0.0394. The first-order valence-electron chi connectivity index (χ1n) is 7.20. The van der Waals surface area contributed by atoms with E-state index in [1.54, 1.807) is 0 Å². The number of carbonyl (C=O) groups is 2. The maximum absolute atomic E-state index is 12.6. The number of hydrogen-bond donors (Lipinski definition) is 1. The van der Waals surface area contributed by atoms with Crippen LogP contribution < -0.4 is 0 Å². The van der Waals surface area contributed by atoms with Gasteiger partial charge in [0, 0.05) is 25.1 Å². The van der Waals surface area contributed by atoms with Crippen LogP contribution in [0.25, 0.3) is 0 Å². The van der Waals surface area contributed by atoms with Gasteiger partial charge in [-0.25, -0.2) is 0 Å². The van der Waals surface area contributed by atoms with Crippen LogP contribution in [0.1, 0.15) is 42.1 Å². The number of nitrogens with zero attached hydrogens (tertiary/aromatic N) is 1. The van der Waals surface area contributed by atoms with Gasteiger partial charge in [-0.15, -0.1) is 0 Å². The Labute approximate surface area is 119 Å². The second kappa shape index (κ2) is 6.55. The number of piperidine rings is 1. The molecule has 108 valence electrons. The fourth-order valence-corrected chi connectivity index (χ4v) is 2.87. The zero-order valence-electron chi connectivity index (χ0n) is 11.8. The predicted octanol–water partition coefficient (Wildman–Crippen LogP) is 2.58. The lowest BCUT2D eigenvalue weighted by molar-refractivity contribution is -0.138. The highest BCUT2D eigenvalue weighted by atomic mass is 16.4. The molecule has 0 saturated carbocycles. The molecule has 1 aromatic carbocycles. The van der Waals surface area contributed by atoms with E-state index in [9.17, 15) is 9.59 Å². The fourth-order valence-electron chi connectivity index (χ4n) is 2.87. The van der Waals surface area contributed by atoms with Crippen molar-refractivity contribution in [1.82, 2.24) is 4.90 Å². The SMILES string of the molecule is CCc1ccccc1C(=O)N1CCCC(CC(=O)O)C1. The molecule has 1 aromatic rings. The van der Waals surface area contributed by atoms with Crippen molar-refractivity contribution in [2.75, 3.05) is 13.1 Å². The van der Waals surface area contributed by atoms with Crippen LogP contribution in [0.2, 0.25) is 0 Å². The third kappa shape index (κ3) is 3.38. The van der Waals surface area contributed by atoms with Crippen molar-refractivity contribution in [2.24, 2.45) is 5.92 Å². The van der Waals surface area contributed by atoms with Gasteiger partial charge in [-0.05, 0) is 36.8 Å². The molecule has 0 spiro atoms. The van der Waals surface area contributed by atoms with Crippen LogP contribution in [0, 0.1) is 5.92 Å². The molecule has 2 rings (SSSR count). The fraction of sp³-hybridized carbons (Fsp3) is 0.500. The molecule has 1 fully saturated rings. The van der Waals surface area contributed by atoms with Crippen LogP contribution in [0.3, 0.4) is 0 Å². The Balaban J connectivity index is 2.10. The minimum atomic E-state index is -0.779. The van der Waals surface area contributed by atoms with Gasteiger partial charge in [0.15, 0.2) is 0 Å². The Morgan fingerprint density at radius 3 is 2.80 bits per heavy atom. The molecule has 1 atom stereocenters. The first kappa shape index (κ1) is 14.6. The zero-order chi connectivity index (χ0) is 14.5. The molecule has 1 unspecified atom stereocenters. The standard InChI is InChI=1S/C16H21NO3/c1-2-13-7-3-4-8-14(13)16(20)17-9-5-6-12(11-17)10-15(18)19/h3-4,7-8,12H,2,5-6,9-11H2,1H3,(H,18,19). The Hall–Kier alpha value is -1.84. The Morgan fingerprint density at radius 2 is 2.10 bits per heavy atom. The lowest BCUT2D eigenvalue weighted by Gasteiger charge is -2.32. The molecule has 0 radical (unpaired) electrons. The van der Waals surface area contributed by atoms with E-state index < -0.39 is 5.97 Å². The molecule has 0 aromatic heterocycles. The highest BCUT2D eigenvalue weighted by Crippen LogP contribution is 2.22. The highest BCUT2D eigenvalue weighted by molar-refractivity contribution is 5.95. The zero-order valence-corrected chi connectivity index (χ0v) is 11.8. The first-order chi connectivity index (χ1) is 9.61. The molecule has 1 amide bonds. The number of hydrogen-bond acceptors (Lipinski definition) is 2. The van der Waals surface area contributed by atoms with Crippen LogP contribution in [-0.2, 0) is 11.2 Å². The summed E-state index contributed by atoms with van der Waals surface area (Å²) in [7, 11) is 0. The summed E-state index contributed by atoms with van der Waals surface area (Å²) in [6, 6.07) is 7.66. The summed E-state index contributed by atoms with van der Waals surface area (Å²) in [6.07, 6.45) is 2.76. The molecule has 4 heteroatoms. The summed E-state index contributed by atoms with van der Waals surface area (Å²) in [5.74, 6) is -0.658. The second-order valence-corrected chi connectivity index (χ2v) is 5.37. The Morgan fingerprint density at radius 1 is 1.35 bits per heavy atom. The van der Waals surface area contributed by atoms with Crippen LogP contribution >= 0.6 is 0 Å². The van der Waals surface area contributed by atoms with Crippen molar-refractivity contribution in [1.29, 1.82) is 0 Å². The first-order valence-corrected chi connectivity index (χ1v) is 7.20. The van der Waals surface area contributed by atoms with E-state index in [2.05, 4.69) is 0 Å². The maximum atomic E-state index is 12.6. The van der Waals surface area contributed by atoms with Crippen LogP contribution in [0.15, 0.2) is 24.3 Å². The molecule has 0 bridgehead atoms. The summed E-state index contributed by atoms with van der Waals surface area (Å²) < 4.78 is 0. The number of aryl methyl sites for hydroxylation is 1. The average molecular weight is 275 g/mol. The number of carboxylic acids is 1. The highest BCUT2D eigenvalue weighted by Gasteiger charge is 2.26. The molecular weight excluding hydrogens is 254 g/mol. The maximum Gasteiger partial charge on any atom is 0.303 e. The third-order valence-corrected chi connectivity index (χ3v) is 3.90. The number of amides is 1. The van der Waals surface area contributed by atoms with Gasteiger partial charge in [-0.3, -0.25) is 9.59 Å². The van der Waals surface area contributed by atoms with E-state index in [1.165, 1.54) is 0 Å². The van der Waals surface area contributed by atoms with E-state index in [0.717, 1.165) is 36.9 Å². The summed E-state index contributed by atoms with van der Waals surface area (Å²) in [5, 5.41) is 8.89. The van der Waals surface area contributed by atoms with Gasteiger partial charge in [0.1, 0.15) is 0 Å². The molecule has 1 heterocycles. The largest absolute Gasteiger partial charge is 0.481 e. The van der Waals surface area contributed by atoms with Gasteiger partial charge in [-0.2, -0.15) is 0 Å². The summed E-state index contributed by atoms with van der Waals surface area (Å²) in [4.78, 5) is 25.2. The summed E-state index contributed by atoms with van der Waals surface area (Å²) in [5.41, 5.74) is 1.81. The topological polar surface area (TPSA) is 57.6 Å². The molecule has 1 aliphatic rings. The monoisotopic (exact) mass is 275 g/mol. The van der Waals surface area contributed by atoms with Crippen LogP contribution in [0.5, 0.6) is 0 Å². The third-order valence-electron chi connectivity index (χ3n) is 3.90. The van der Waals surface area contributed by atoms with E-state index in [-0.39, 0.29) is 18.2 Å². The molecule has 1 saturated heterocycles. The van der Waals surface area contributed by atoms with Gasteiger partial charge >= 0.3 is 5.97 Å². The molecule has 20 heavy (non-hydrogen) atoms. The quantitative estimate of drug-likeness (QED) is 0.918. The molecule has 1 aliphatic heterocycles. The number of rotatable bonds is 4. The molecule has 0 aliphatic carbocycles. The van der Waals surface area contributed by atoms with Gasteiger partial charge in [0.25, 0.3) is 5.91 Å². The lowest BCUT2D eigenvalue weighted by Crippen LogP contribution is -2.40. The van der Waals surface area contributed by atoms with Crippen molar-refractivity contribution in [3.63, 3.8) is 0 Å². The van der Waals surface area contributed by atoms with Crippen molar-refractivity contribution >= 4 is 11.9 Å². The Kier molecular flexibility index (Phi) is 4.77. The normalized spacial score (nSPS) is 18.9. The van der Waals surface area contributed by atoms with Gasteiger partial charge < -0.3 is 10.0 Å². The van der Waals surface area contributed by atoms with E-state index in [4.69, 9.17) is 5.11 Å². The van der Waals surface area contributed by atoms with E-state index in [0.29, 0.717) is 6.54 Å². The van der Waals surface area contributed by atoms with Crippen molar-refractivity contribution in [3.8, 4) is 0 Å². The number of carboxylic acid groups (broad SMARTS) is 1. The Bertz CT molecular complexity index is 498. The summed E-state index contributed by atoms with van der Waals surface area (Å²) in [6.45, 7) is 3.33. The number of carbonyl (C=O) groups excluding carboxylic acids is 1. The van der Waals surface area contributed by atoms with Gasteiger partial charge in [-0.1, -0.05) is 25.1 Å². The number of likely N-dealkylation sites (tertiary alicyclic amines) is 1. The number of benzene rings is 1. The molecule has 4 nitrogen and oxygen atoms in total. The molecule has 1 N–H and O–H groups in total. The van der Waals surface area contributed by atoms with Crippen LogP contribution in [0.4, 0.5) is 0 Å². The van der Waals surface area contributed by atoms with Crippen LogP contribution in [-0.4, -0.2) is 35.0 Å². The van der Waals surface area contributed by atoms with E-state index >= 15 is 0 Å².